The Kier molecular flexibility index (Phi) is 7.08. The molecule has 3 aromatic rings. The van der Waals surface area contributed by atoms with Gasteiger partial charge in [0.05, 0.1) is 18.2 Å². The van der Waals surface area contributed by atoms with Crippen molar-refractivity contribution < 1.29 is 14.3 Å². The molecular formula is C29H41N9O3. The van der Waals surface area contributed by atoms with E-state index in [4.69, 9.17) is 19.4 Å². The van der Waals surface area contributed by atoms with Gasteiger partial charge in [0.25, 0.3) is 0 Å². The zero-order chi connectivity index (χ0) is 28.2. The van der Waals surface area contributed by atoms with Crippen LogP contribution in [-0.4, -0.2) is 151 Å². The molecule has 2 amide bonds. The summed E-state index contributed by atoms with van der Waals surface area (Å²) in [6.45, 7) is 9.76. The first-order valence-electron chi connectivity index (χ1n) is 14.8. The summed E-state index contributed by atoms with van der Waals surface area (Å²) in [5.74, 6) is 0.547. The lowest BCUT2D eigenvalue weighted by molar-refractivity contribution is -0.105. The van der Waals surface area contributed by atoms with Gasteiger partial charge in [-0.15, -0.1) is 0 Å². The Bertz CT molecular complexity index is 1430. The minimum Gasteiger partial charge on any atom is -0.350 e. The average Bonchev–Trinajstić information content (AvgIpc) is 3.13. The first-order chi connectivity index (χ1) is 19.9. The van der Waals surface area contributed by atoms with E-state index < -0.39 is 12.5 Å². The van der Waals surface area contributed by atoms with Crippen LogP contribution in [0.1, 0.15) is 11.9 Å². The molecule has 7 rings (SSSR count). The van der Waals surface area contributed by atoms with Gasteiger partial charge in [-0.1, -0.05) is 18.2 Å². The van der Waals surface area contributed by atoms with Crippen molar-refractivity contribution in [3.8, 4) is 0 Å². The number of likely N-dealkylation sites (N-methyl/N-ethyl adjacent to an activating group) is 2. The lowest BCUT2D eigenvalue weighted by Gasteiger charge is -2.43. The molecule has 0 bridgehead atoms. The van der Waals surface area contributed by atoms with E-state index in [-0.39, 0.29) is 12.1 Å². The fraction of sp³-hybridized carbons (Fsp3) is 0.621. The highest BCUT2D eigenvalue weighted by molar-refractivity contribution is 6.05. The molecule has 0 aliphatic carbocycles. The molecule has 4 aliphatic rings. The molecule has 12 heteroatoms. The maximum Gasteiger partial charge on any atom is 0.329 e. The standard InChI is InChI=1S/C29H41N9O3/c1-32-9-13-36(14-10-32)17-20-19-40-28-25-27(31-26-24(30-25)21-7-5-6-8-22(21)34(26)3)35(4)29(39)38(28)23(41-20)18-37-15-11-33(2)12-16-37/h5-8,20,23,28H,9-19H2,1-4H3/t20-,23+,28-/m0/s1. The van der Waals surface area contributed by atoms with Crippen LogP contribution < -0.4 is 4.90 Å². The molecule has 0 spiro atoms. The van der Waals surface area contributed by atoms with Gasteiger partial charge in [-0.2, -0.15) is 0 Å². The zero-order valence-electron chi connectivity index (χ0n) is 24.6. The number of aromatic nitrogens is 3. The Balaban J connectivity index is 1.26. The quantitative estimate of drug-likeness (QED) is 0.465. The van der Waals surface area contributed by atoms with E-state index in [2.05, 4.69) is 45.8 Å². The number of amides is 2. The van der Waals surface area contributed by atoms with E-state index in [0.717, 1.165) is 81.0 Å². The molecule has 0 saturated carbocycles. The Labute approximate surface area is 241 Å². The number of hydrogen-bond acceptors (Lipinski definition) is 9. The summed E-state index contributed by atoms with van der Waals surface area (Å²) in [4.78, 5) is 37.2. The average molecular weight is 564 g/mol. The summed E-state index contributed by atoms with van der Waals surface area (Å²) in [7, 11) is 8.09. The minimum atomic E-state index is -0.667. The lowest BCUT2D eigenvalue weighted by atomic mass is 10.2. The first kappa shape index (κ1) is 27.0. The molecule has 41 heavy (non-hydrogen) atoms. The Hall–Kier alpha value is -2.87. The molecule has 6 heterocycles. The van der Waals surface area contributed by atoms with Crippen LogP contribution in [0.25, 0.3) is 22.1 Å². The van der Waals surface area contributed by atoms with Gasteiger partial charge in [0.15, 0.2) is 17.7 Å². The molecule has 3 atom stereocenters. The summed E-state index contributed by atoms with van der Waals surface area (Å²) in [6, 6.07) is 8.02. The molecule has 4 aliphatic heterocycles. The van der Waals surface area contributed by atoms with Crippen LogP contribution in [0.15, 0.2) is 24.3 Å². The zero-order valence-corrected chi connectivity index (χ0v) is 24.6. The molecule has 220 valence electrons. The van der Waals surface area contributed by atoms with E-state index in [0.29, 0.717) is 24.7 Å². The van der Waals surface area contributed by atoms with Gasteiger partial charge in [-0.25, -0.2) is 14.8 Å². The van der Waals surface area contributed by atoms with Crippen molar-refractivity contribution in [1.82, 2.24) is 39.0 Å². The van der Waals surface area contributed by atoms with Crippen molar-refractivity contribution in [3.05, 3.63) is 30.0 Å². The number of para-hydroxylation sites is 1. The van der Waals surface area contributed by atoms with Gasteiger partial charge in [-0.3, -0.25) is 19.6 Å². The van der Waals surface area contributed by atoms with Crippen LogP contribution >= 0.6 is 0 Å². The summed E-state index contributed by atoms with van der Waals surface area (Å²) in [5, 5.41) is 1.04. The molecule has 3 fully saturated rings. The largest absolute Gasteiger partial charge is 0.350 e. The highest BCUT2D eigenvalue weighted by atomic mass is 16.6. The van der Waals surface area contributed by atoms with Gasteiger partial charge >= 0.3 is 6.03 Å². The maximum absolute atomic E-state index is 14.1. The number of fused-ring (bicyclic) bond motifs is 6. The van der Waals surface area contributed by atoms with E-state index in [9.17, 15) is 4.79 Å². The first-order valence-corrected chi connectivity index (χ1v) is 14.8. The van der Waals surface area contributed by atoms with Crippen molar-refractivity contribution in [1.29, 1.82) is 0 Å². The molecule has 12 nitrogen and oxygen atoms in total. The van der Waals surface area contributed by atoms with Gasteiger partial charge in [0.1, 0.15) is 17.4 Å². The predicted molar refractivity (Wildman–Crippen MR) is 157 cm³/mol. The molecule has 0 radical (unpaired) electrons. The summed E-state index contributed by atoms with van der Waals surface area (Å²) in [5.41, 5.74) is 3.30. The van der Waals surface area contributed by atoms with Crippen molar-refractivity contribution in [2.75, 3.05) is 98.1 Å². The smallest absolute Gasteiger partial charge is 0.329 e. The fourth-order valence-electron chi connectivity index (χ4n) is 6.59. The second-order valence-electron chi connectivity index (χ2n) is 12.0. The summed E-state index contributed by atoms with van der Waals surface area (Å²) >= 11 is 0. The van der Waals surface area contributed by atoms with Crippen LogP contribution in [-0.2, 0) is 16.5 Å². The van der Waals surface area contributed by atoms with Crippen LogP contribution in [0.2, 0.25) is 0 Å². The van der Waals surface area contributed by atoms with Crippen LogP contribution in [0.5, 0.6) is 0 Å². The third kappa shape index (κ3) is 4.86. The number of benzene rings is 1. The summed E-state index contributed by atoms with van der Waals surface area (Å²) in [6.07, 6.45) is -1.28. The van der Waals surface area contributed by atoms with E-state index >= 15 is 0 Å². The van der Waals surface area contributed by atoms with Crippen LogP contribution in [0, 0.1) is 0 Å². The van der Waals surface area contributed by atoms with Gasteiger partial charge in [0, 0.05) is 84.9 Å². The fourth-order valence-corrected chi connectivity index (χ4v) is 6.59. The number of rotatable bonds is 4. The van der Waals surface area contributed by atoms with Crippen LogP contribution in [0.3, 0.4) is 0 Å². The second-order valence-corrected chi connectivity index (χ2v) is 12.0. The Morgan fingerprint density at radius 2 is 1.51 bits per heavy atom. The number of hydrogen-bond donors (Lipinski definition) is 0. The number of aryl methyl sites for hydroxylation is 1. The number of carbonyl (C=O) groups excluding carboxylic acids is 1. The predicted octanol–water partition coefficient (Wildman–Crippen LogP) is 1.23. The highest BCUT2D eigenvalue weighted by Crippen LogP contribution is 2.40. The number of anilines is 1. The molecular weight excluding hydrogens is 522 g/mol. The number of ether oxygens (including phenoxy) is 2. The van der Waals surface area contributed by atoms with Crippen molar-refractivity contribution >= 4 is 33.9 Å². The van der Waals surface area contributed by atoms with E-state index in [1.807, 2.05) is 23.7 Å². The molecule has 3 saturated heterocycles. The SMILES string of the molecule is CN1CCN(C[C@H]2CO[C@H]3c4nc5c6ccccc6n(C)c5nc4N(C)C(=O)N3[C@@H](CN3CCN(C)CC3)O2)CC1. The van der Waals surface area contributed by atoms with Crippen molar-refractivity contribution in [3.63, 3.8) is 0 Å². The number of nitrogens with zero attached hydrogens (tertiary/aromatic N) is 9. The van der Waals surface area contributed by atoms with Gasteiger partial charge in [-0.05, 0) is 20.2 Å². The molecule has 0 unspecified atom stereocenters. The monoisotopic (exact) mass is 563 g/mol. The maximum atomic E-state index is 14.1. The Morgan fingerprint density at radius 1 is 0.854 bits per heavy atom. The van der Waals surface area contributed by atoms with Crippen molar-refractivity contribution in [2.45, 2.75) is 18.6 Å². The lowest BCUT2D eigenvalue weighted by Crippen LogP contribution is -2.58. The molecule has 2 aromatic heterocycles. The number of urea groups is 1. The normalized spacial score (nSPS) is 27.4. The number of piperazine rings is 2. The minimum absolute atomic E-state index is 0.155. The van der Waals surface area contributed by atoms with Crippen LogP contribution in [0.4, 0.5) is 10.6 Å². The molecule has 1 aromatic carbocycles. The Morgan fingerprint density at radius 3 is 2.22 bits per heavy atom. The van der Waals surface area contributed by atoms with Gasteiger partial charge < -0.3 is 23.8 Å². The van der Waals surface area contributed by atoms with Gasteiger partial charge in [0.2, 0.25) is 0 Å². The third-order valence-electron chi connectivity index (χ3n) is 9.20. The molecule has 0 N–H and O–H groups in total. The number of carbonyl (C=O) groups is 1. The third-order valence-corrected chi connectivity index (χ3v) is 9.20. The topological polar surface area (TPSA) is 85.7 Å². The second kappa shape index (κ2) is 10.8. The highest BCUT2D eigenvalue weighted by Gasteiger charge is 2.47. The van der Waals surface area contributed by atoms with E-state index in [1.54, 1.807) is 16.8 Å². The van der Waals surface area contributed by atoms with Crippen molar-refractivity contribution in [2.24, 2.45) is 7.05 Å². The summed E-state index contributed by atoms with van der Waals surface area (Å²) < 4.78 is 15.5. The van der Waals surface area contributed by atoms with E-state index in [1.165, 1.54) is 0 Å².